The Balaban J connectivity index is 1.40. The molecule has 1 fully saturated rings. The first-order valence-corrected chi connectivity index (χ1v) is 8.49. The molecule has 0 atom stereocenters. The third-order valence-corrected chi connectivity index (χ3v) is 4.17. The molecule has 21 heavy (non-hydrogen) atoms. The summed E-state index contributed by atoms with van der Waals surface area (Å²) < 4.78 is 5.64. The fourth-order valence-corrected chi connectivity index (χ4v) is 2.88. The van der Waals surface area contributed by atoms with Gasteiger partial charge in [0.2, 0.25) is 0 Å². The van der Waals surface area contributed by atoms with Crippen molar-refractivity contribution >= 4 is 0 Å². The highest BCUT2D eigenvalue weighted by molar-refractivity contribution is 5.29. The zero-order valence-electron chi connectivity index (χ0n) is 13.1. The van der Waals surface area contributed by atoms with E-state index in [4.69, 9.17) is 4.74 Å². The third-order valence-electron chi connectivity index (χ3n) is 4.17. The molecule has 0 spiro atoms. The monoisotopic (exact) mass is 291 g/mol. The molecule has 1 N–H and O–H groups in total. The molecule has 1 saturated heterocycles. The largest absolute Gasteiger partial charge is 0.508 e. The highest BCUT2D eigenvalue weighted by Crippen LogP contribution is 2.16. The van der Waals surface area contributed by atoms with Crippen molar-refractivity contribution in [3.63, 3.8) is 0 Å². The molecule has 0 bridgehead atoms. The maximum absolute atomic E-state index is 9.18. The second-order valence-electron chi connectivity index (χ2n) is 6.01. The number of hydrogen-bond donors (Lipinski definition) is 1. The van der Waals surface area contributed by atoms with Crippen molar-refractivity contribution in [1.82, 2.24) is 4.90 Å². The van der Waals surface area contributed by atoms with E-state index in [0.29, 0.717) is 0 Å². The summed E-state index contributed by atoms with van der Waals surface area (Å²) in [7, 11) is 0. The van der Waals surface area contributed by atoms with Gasteiger partial charge >= 0.3 is 0 Å². The zero-order valence-corrected chi connectivity index (χ0v) is 13.1. The Morgan fingerprint density at radius 1 is 0.857 bits per heavy atom. The lowest BCUT2D eigenvalue weighted by Crippen LogP contribution is -2.30. The summed E-state index contributed by atoms with van der Waals surface area (Å²) in [6, 6.07) is 6.95. The number of nitrogens with zero attached hydrogens (tertiary/aromatic N) is 1. The van der Waals surface area contributed by atoms with Crippen LogP contribution in [-0.2, 0) is 0 Å². The Bertz CT molecular complexity index is 371. The van der Waals surface area contributed by atoms with Gasteiger partial charge in [-0.05, 0) is 69.6 Å². The summed E-state index contributed by atoms with van der Waals surface area (Å²) in [5.41, 5.74) is 0. The molecule has 0 saturated carbocycles. The van der Waals surface area contributed by atoms with Gasteiger partial charge in [0.1, 0.15) is 11.5 Å². The van der Waals surface area contributed by atoms with Crippen molar-refractivity contribution in [1.29, 1.82) is 0 Å². The molecule has 0 amide bonds. The molecule has 3 nitrogen and oxygen atoms in total. The number of hydrogen-bond acceptors (Lipinski definition) is 3. The van der Waals surface area contributed by atoms with Crippen LogP contribution in [0.3, 0.4) is 0 Å². The van der Waals surface area contributed by atoms with Crippen molar-refractivity contribution in [2.45, 2.75) is 51.4 Å². The number of benzene rings is 1. The first-order valence-electron chi connectivity index (χ1n) is 8.49. The Hall–Kier alpha value is -1.22. The van der Waals surface area contributed by atoms with Gasteiger partial charge in [-0.3, -0.25) is 0 Å². The highest BCUT2D eigenvalue weighted by atomic mass is 16.5. The Morgan fingerprint density at radius 3 is 2.29 bits per heavy atom. The quantitative estimate of drug-likeness (QED) is 0.692. The van der Waals surface area contributed by atoms with E-state index in [2.05, 4.69) is 4.90 Å². The number of phenolic OH excluding ortho intramolecular Hbond substituents is 1. The first-order chi connectivity index (χ1) is 10.3. The SMILES string of the molecule is Oc1ccc(OCCCCCCCN2CCCCC2)cc1. The van der Waals surface area contributed by atoms with Gasteiger partial charge < -0.3 is 14.7 Å². The van der Waals surface area contributed by atoms with Crippen LogP contribution in [0.4, 0.5) is 0 Å². The Kier molecular flexibility index (Phi) is 7.44. The second-order valence-corrected chi connectivity index (χ2v) is 6.01. The standard InChI is InChI=1S/C18H29NO2/c20-17-9-11-18(12-10-17)21-16-8-3-1-2-5-13-19-14-6-4-7-15-19/h9-12,20H,1-8,13-16H2. The molecule has 0 radical (unpaired) electrons. The Morgan fingerprint density at radius 2 is 1.52 bits per heavy atom. The van der Waals surface area contributed by atoms with Crippen LogP contribution < -0.4 is 4.74 Å². The van der Waals surface area contributed by atoms with E-state index < -0.39 is 0 Å². The normalized spacial score (nSPS) is 16.0. The zero-order chi connectivity index (χ0) is 14.8. The third kappa shape index (κ3) is 6.85. The minimum Gasteiger partial charge on any atom is -0.508 e. The maximum atomic E-state index is 9.18. The molecule has 1 aromatic rings. The van der Waals surface area contributed by atoms with E-state index in [1.165, 1.54) is 64.6 Å². The molecule has 0 aliphatic carbocycles. The Labute approximate surface area is 128 Å². The summed E-state index contributed by atoms with van der Waals surface area (Å²) >= 11 is 0. The minimum atomic E-state index is 0.288. The van der Waals surface area contributed by atoms with Crippen LogP contribution in [0.15, 0.2) is 24.3 Å². The summed E-state index contributed by atoms with van der Waals surface area (Å²) in [5, 5.41) is 9.18. The second kappa shape index (κ2) is 9.67. The van der Waals surface area contributed by atoms with Crippen LogP contribution in [0, 0.1) is 0 Å². The minimum absolute atomic E-state index is 0.288. The number of phenols is 1. The molecule has 118 valence electrons. The molecular formula is C18H29NO2. The fourth-order valence-electron chi connectivity index (χ4n) is 2.88. The van der Waals surface area contributed by atoms with Crippen LogP contribution >= 0.6 is 0 Å². The maximum Gasteiger partial charge on any atom is 0.119 e. The number of ether oxygens (including phenoxy) is 1. The molecule has 3 heteroatoms. The molecule has 1 aliphatic rings. The van der Waals surface area contributed by atoms with Gasteiger partial charge in [-0.15, -0.1) is 0 Å². The first kappa shape index (κ1) is 16.2. The summed E-state index contributed by atoms with van der Waals surface area (Å²) in [6.07, 6.45) is 10.6. The van der Waals surface area contributed by atoms with Gasteiger partial charge in [0.05, 0.1) is 6.61 Å². The fraction of sp³-hybridized carbons (Fsp3) is 0.667. The molecule has 1 aliphatic heterocycles. The van der Waals surface area contributed by atoms with Crippen molar-refractivity contribution in [3.05, 3.63) is 24.3 Å². The van der Waals surface area contributed by atoms with E-state index in [1.807, 2.05) is 12.1 Å². The van der Waals surface area contributed by atoms with Gasteiger partial charge in [-0.1, -0.05) is 25.7 Å². The van der Waals surface area contributed by atoms with E-state index in [9.17, 15) is 5.11 Å². The number of rotatable bonds is 9. The molecule has 1 aromatic carbocycles. The smallest absolute Gasteiger partial charge is 0.119 e. The van der Waals surface area contributed by atoms with Gasteiger partial charge in [0, 0.05) is 0 Å². The van der Waals surface area contributed by atoms with E-state index in [1.54, 1.807) is 12.1 Å². The van der Waals surface area contributed by atoms with Crippen LogP contribution in [-0.4, -0.2) is 36.2 Å². The van der Waals surface area contributed by atoms with Gasteiger partial charge in [-0.2, -0.15) is 0 Å². The molecule has 0 unspecified atom stereocenters. The highest BCUT2D eigenvalue weighted by Gasteiger charge is 2.08. The van der Waals surface area contributed by atoms with Crippen LogP contribution in [0.2, 0.25) is 0 Å². The number of piperidine rings is 1. The van der Waals surface area contributed by atoms with Crippen molar-refractivity contribution in [2.75, 3.05) is 26.2 Å². The van der Waals surface area contributed by atoms with E-state index in [-0.39, 0.29) is 5.75 Å². The van der Waals surface area contributed by atoms with Crippen LogP contribution in [0.25, 0.3) is 0 Å². The topological polar surface area (TPSA) is 32.7 Å². The van der Waals surface area contributed by atoms with E-state index in [0.717, 1.165) is 18.8 Å². The van der Waals surface area contributed by atoms with Crippen molar-refractivity contribution in [3.8, 4) is 11.5 Å². The predicted molar refractivity (Wildman–Crippen MR) is 87.0 cm³/mol. The lowest BCUT2D eigenvalue weighted by Gasteiger charge is -2.26. The summed E-state index contributed by atoms with van der Waals surface area (Å²) in [4.78, 5) is 2.62. The average Bonchev–Trinajstić information content (AvgIpc) is 2.53. The van der Waals surface area contributed by atoms with Gasteiger partial charge in [0.25, 0.3) is 0 Å². The van der Waals surface area contributed by atoms with Gasteiger partial charge in [0.15, 0.2) is 0 Å². The summed E-state index contributed by atoms with van der Waals surface area (Å²) in [6.45, 7) is 4.71. The van der Waals surface area contributed by atoms with E-state index >= 15 is 0 Å². The molecular weight excluding hydrogens is 262 g/mol. The summed E-state index contributed by atoms with van der Waals surface area (Å²) in [5.74, 6) is 1.13. The number of likely N-dealkylation sites (tertiary alicyclic amines) is 1. The van der Waals surface area contributed by atoms with Gasteiger partial charge in [-0.25, -0.2) is 0 Å². The van der Waals surface area contributed by atoms with Crippen LogP contribution in [0.1, 0.15) is 51.4 Å². The average molecular weight is 291 g/mol. The van der Waals surface area contributed by atoms with Crippen LogP contribution in [0.5, 0.6) is 11.5 Å². The lowest BCUT2D eigenvalue weighted by molar-refractivity contribution is 0.223. The number of unbranched alkanes of at least 4 members (excludes halogenated alkanes) is 4. The molecule has 1 heterocycles. The number of aromatic hydroxyl groups is 1. The molecule has 2 rings (SSSR count). The van der Waals surface area contributed by atoms with Crippen molar-refractivity contribution in [2.24, 2.45) is 0 Å². The van der Waals surface area contributed by atoms with Crippen molar-refractivity contribution < 1.29 is 9.84 Å². The molecule has 0 aromatic heterocycles. The predicted octanol–water partition coefficient (Wildman–Crippen LogP) is 4.21. The lowest BCUT2D eigenvalue weighted by atomic mass is 10.1.